The molecular formula is C14H30O8S2. The molecule has 10 heteroatoms. The summed E-state index contributed by atoms with van der Waals surface area (Å²) in [5.41, 5.74) is -1.26. The summed E-state index contributed by atoms with van der Waals surface area (Å²) in [4.78, 5) is 0. The quantitative estimate of drug-likeness (QED) is 0.342. The van der Waals surface area contributed by atoms with Crippen molar-refractivity contribution in [3.05, 3.63) is 0 Å². The third-order valence-corrected chi connectivity index (χ3v) is 4.74. The Labute approximate surface area is 146 Å². The highest BCUT2D eigenvalue weighted by atomic mass is 32.2. The summed E-state index contributed by atoms with van der Waals surface area (Å²) in [5, 5.41) is 0. The van der Waals surface area contributed by atoms with E-state index < -0.39 is 31.4 Å². The maximum atomic E-state index is 10.9. The van der Waals surface area contributed by atoms with Crippen LogP contribution in [0.2, 0.25) is 0 Å². The van der Waals surface area contributed by atoms with E-state index in [1.54, 1.807) is 0 Å². The highest BCUT2D eigenvalue weighted by molar-refractivity contribution is 7.86. The first-order valence-corrected chi connectivity index (χ1v) is 11.3. The molecule has 0 unspecified atom stereocenters. The topological polar surface area (TPSA) is 105 Å². The van der Waals surface area contributed by atoms with Crippen molar-refractivity contribution in [1.82, 2.24) is 0 Å². The fourth-order valence-corrected chi connectivity index (χ4v) is 2.38. The van der Waals surface area contributed by atoms with Crippen LogP contribution in [0.4, 0.5) is 0 Å². The first-order chi connectivity index (χ1) is 10.7. The molecule has 0 heterocycles. The van der Waals surface area contributed by atoms with Crippen LogP contribution in [0, 0.1) is 0 Å². The van der Waals surface area contributed by atoms with Crippen molar-refractivity contribution in [1.29, 1.82) is 0 Å². The molecule has 0 radical (unpaired) electrons. The zero-order valence-corrected chi connectivity index (χ0v) is 17.0. The molecular weight excluding hydrogens is 360 g/mol. The Bertz CT molecular complexity index is 512. The van der Waals surface area contributed by atoms with E-state index in [1.807, 2.05) is 27.7 Å². The average Bonchev–Trinajstić information content (AvgIpc) is 2.34. The van der Waals surface area contributed by atoms with Crippen LogP contribution in [0.25, 0.3) is 0 Å². The zero-order valence-electron chi connectivity index (χ0n) is 15.3. The second-order valence-corrected chi connectivity index (χ2v) is 9.76. The van der Waals surface area contributed by atoms with Crippen LogP contribution >= 0.6 is 0 Å². The number of rotatable bonds is 13. The zero-order chi connectivity index (χ0) is 19.1. The number of hydrogen-bond donors (Lipinski definition) is 0. The molecule has 0 saturated heterocycles. The maximum Gasteiger partial charge on any atom is 0.264 e. The minimum atomic E-state index is -3.43. The molecule has 0 aliphatic heterocycles. The largest absolute Gasteiger partial charge is 0.373 e. The van der Waals surface area contributed by atoms with Crippen molar-refractivity contribution in [2.45, 2.75) is 51.7 Å². The summed E-state index contributed by atoms with van der Waals surface area (Å²) in [7, 11) is -6.86. The van der Waals surface area contributed by atoms with Crippen molar-refractivity contribution in [3.63, 3.8) is 0 Å². The van der Waals surface area contributed by atoms with Gasteiger partial charge in [0.1, 0.15) is 0 Å². The molecule has 0 amide bonds. The molecule has 0 N–H and O–H groups in total. The lowest BCUT2D eigenvalue weighted by molar-refractivity contribution is -0.177. The first-order valence-electron chi connectivity index (χ1n) is 7.63. The van der Waals surface area contributed by atoms with E-state index in [1.165, 1.54) is 0 Å². The van der Waals surface area contributed by atoms with Crippen LogP contribution in [0.15, 0.2) is 0 Å². The minimum Gasteiger partial charge on any atom is -0.373 e. The molecule has 0 fully saturated rings. The Morgan fingerprint density at radius 1 is 0.625 bits per heavy atom. The van der Waals surface area contributed by atoms with E-state index in [9.17, 15) is 16.8 Å². The Kier molecular flexibility index (Phi) is 9.34. The van der Waals surface area contributed by atoms with Gasteiger partial charge in [-0.2, -0.15) is 16.8 Å². The normalized spacial score (nSPS) is 14.1. The smallest absolute Gasteiger partial charge is 0.264 e. The lowest BCUT2D eigenvalue weighted by atomic mass is 9.89. The van der Waals surface area contributed by atoms with E-state index in [2.05, 4.69) is 8.37 Å². The summed E-state index contributed by atoms with van der Waals surface area (Å²) in [6.45, 7) is 8.28. The molecule has 146 valence electrons. The van der Waals surface area contributed by atoms with Crippen molar-refractivity contribution in [2.75, 3.05) is 38.9 Å². The van der Waals surface area contributed by atoms with Crippen LogP contribution in [-0.2, 0) is 38.1 Å². The van der Waals surface area contributed by atoms with E-state index in [0.29, 0.717) is 26.1 Å². The van der Waals surface area contributed by atoms with Crippen molar-refractivity contribution >= 4 is 20.2 Å². The van der Waals surface area contributed by atoms with Crippen molar-refractivity contribution < 1.29 is 34.7 Å². The van der Waals surface area contributed by atoms with Gasteiger partial charge in [0.2, 0.25) is 0 Å². The Balaban J connectivity index is 4.15. The van der Waals surface area contributed by atoms with E-state index in [0.717, 1.165) is 12.5 Å². The van der Waals surface area contributed by atoms with E-state index in [-0.39, 0.29) is 13.2 Å². The summed E-state index contributed by atoms with van der Waals surface area (Å²) in [6, 6.07) is 0. The monoisotopic (exact) mass is 390 g/mol. The first kappa shape index (κ1) is 23.7. The predicted molar refractivity (Wildman–Crippen MR) is 90.9 cm³/mol. The highest BCUT2D eigenvalue weighted by Gasteiger charge is 2.38. The maximum absolute atomic E-state index is 10.9. The summed E-state index contributed by atoms with van der Waals surface area (Å²) < 4.78 is 64.3. The molecule has 0 rings (SSSR count). The third kappa shape index (κ3) is 11.3. The SMILES string of the molecule is CC(C)(OCCCOS(C)(=O)=O)C(C)(C)OCCCOS(C)(=O)=O. The Hall–Kier alpha value is -0.260. The van der Waals surface area contributed by atoms with Gasteiger partial charge >= 0.3 is 0 Å². The van der Waals surface area contributed by atoms with Crippen LogP contribution in [0.3, 0.4) is 0 Å². The summed E-state index contributed by atoms with van der Waals surface area (Å²) in [5.74, 6) is 0. The van der Waals surface area contributed by atoms with E-state index >= 15 is 0 Å². The van der Waals surface area contributed by atoms with Gasteiger partial charge in [-0.1, -0.05) is 0 Å². The second kappa shape index (κ2) is 9.44. The van der Waals surface area contributed by atoms with Gasteiger partial charge in [-0.25, -0.2) is 0 Å². The molecule has 0 atom stereocenters. The van der Waals surface area contributed by atoms with Gasteiger partial charge in [-0.15, -0.1) is 0 Å². The van der Waals surface area contributed by atoms with E-state index in [4.69, 9.17) is 9.47 Å². The fraction of sp³-hybridized carbons (Fsp3) is 1.00. The predicted octanol–water partition coefficient (Wildman–Crippen LogP) is 1.31. The lowest BCUT2D eigenvalue weighted by Gasteiger charge is -2.41. The van der Waals surface area contributed by atoms with Gasteiger partial charge in [0.15, 0.2) is 0 Å². The van der Waals surface area contributed by atoms with Crippen LogP contribution < -0.4 is 0 Å². The molecule has 8 nitrogen and oxygen atoms in total. The van der Waals surface area contributed by atoms with Crippen LogP contribution in [0.5, 0.6) is 0 Å². The molecule has 0 aliphatic carbocycles. The van der Waals surface area contributed by atoms with Crippen molar-refractivity contribution in [2.24, 2.45) is 0 Å². The van der Waals surface area contributed by atoms with Gasteiger partial charge in [0, 0.05) is 13.2 Å². The van der Waals surface area contributed by atoms with Gasteiger partial charge in [0.25, 0.3) is 20.2 Å². The van der Waals surface area contributed by atoms with Gasteiger partial charge in [-0.05, 0) is 40.5 Å². The fourth-order valence-electron chi connectivity index (χ4n) is 1.54. The Morgan fingerprint density at radius 3 is 1.17 bits per heavy atom. The lowest BCUT2D eigenvalue weighted by Crippen LogP contribution is -2.49. The van der Waals surface area contributed by atoms with Crippen molar-refractivity contribution in [3.8, 4) is 0 Å². The molecule has 0 aliphatic rings. The number of hydrogen-bond acceptors (Lipinski definition) is 8. The van der Waals surface area contributed by atoms with Gasteiger partial charge in [-0.3, -0.25) is 8.37 Å². The van der Waals surface area contributed by atoms with Gasteiger partial charge < -0.3 is 9.47 Å². The second-order valence-electron chi connectivity index (χ2n) is 6.48. The molecule has 0 spiro atoms. The molecule has 0 aromatic carbocycles. The third-order valence-electron chi connectivity index (χ3n) is 3.55. The molecule has 0 bridgehead atoms. The molecule has 24 heavy (non-hydrogen) atoms. The minimum absolute atomic E-state index is 0.0685. The molecule has 0 saturated carbocycles. The van der Waals surface area contributed by atoms with Gasteiger partial charge in [0.05, 0.1) is 36.9 Å². The Morgan fingerprint density at radius 2 is 0.917 bits per heavy atom. The average molecular weight is 391 g/mol. The standard InChI is InChI=1S/C14H30O8S2/c1-13(2,19-9-7-11-21-23(5,15)16)14(3,4)20-10-8-12-22-24(6,17)18/h7-12H2,1-6H3. The van der Waals surface area contributed by atoms with Crippen LogP contribution in [-0.4, -0.2) is 67.0 Å². The summed E-state index contributed by atoms with van der Waals surface area (Å²) in [6.07, 6.45) is 2.88. The summed E-state index contributed by atoms with van der Waals surface area (Å²) >= 11 is 0. The molecule has 0 aromatic rings. The van der Waals surface area contributed by atoms with Crippen LogP contribution in [0.1, 0.15) is 40.5 Å². The number of ether oxygens (including phenoxy) is 2. The highest BCUT2D eigenvalue weighted by Crippen LogP contribution is 2.29. The molecule has 0 aromatic heterocycles.